The first-order chi connectivity index (χ1) is 7.52. The van der Waals surface area contributed by atoms with Crippen molar-refractivity contribution in [2.75, 3.05) is 3.53 Å². The number of halogens is 4. The van der Waals surface area contributed by atoms with Gasteiger partial charge in [-0.1, -0.05) is 18.2 Å². The molecule has 2 nitrogen and oxygen atoms in total. The number of para-hydroxylation sites is 1. The number of hydrogen-bond donors (Lipinski definition) is 1. The SMILES string of the molecule is FC(F)(F)c1cc(NI)c2ccccc2n1. The zero-order valence-electron chi connectivity index (χ0n) is 7.85. The van der Waals surface area contributed by atoms with Crippen LogP contribution >= 0.6 is 22.9 Å². The molecule has 2 aromatic rings. The van der Waals surface area contributed by atoms with Gasteiger partial charge < -0.3 is 3.53 Å². The zero-order chi connectivity index (χ0) is 11.8. The largest absolute Gasteiger partial charge is 0.433 e. The Morgan fingerprint density at radius 1 is 1.19 bits per heavy atom. The minimum Gasteiger partial charge on any atom is -0.328 e. The molecule has 1 heterocycles. The van der Waals surface area contributed by atoms with Crippen molar-refractivity contribution in [3.05, 3.63) is 36.0 Å². The van der Waals surface area contributed by atoms with Gasteiger partial charge in [0, 0.05) is 5.39 Å². The molecule has 0 bridgehead atoms. The Kier molecular flexibility index (Phi) is 2.92. The van der Waals surface area contributed by atoms with E-state index >= 15 is 0 Å². The monoisotopic (exact) mass is 338 g/mol. The van der Waals surface area contributed by atoms with E-state index in [0.717, 1.165) is 6.07 Å². The summed E-state index contributed by atoms with van der Waals surface area (Å²) in [6, 6.07) is 7.71. The number of benzene rings is 1. The molecule has 0 spiro atoms. The first kappa shape index (κ1) is 11.4. The second-order valence-corrected chi connectivity index (χ2v) is 3.70. The summed E-state index contributed by atoms with van der Waals surface area (Å²) < 4.78 is 40.3. The van der Waals surface area contributed by atoms with Crippen LogP contribution in [0.25, 0.3) is 10.9 Å². The maximum atomic E-state index is 12.5. The molecule has 0 aliphatic heterocycles. The standard InChI is InChI=1S/C10H6F3IN2/c11-10(12,13)9-5-8(16-14)6-3-1-2-4-7(6)15-9/h1-5H,(H,15,16). The molecule has 0 aliphatic rings. The van der Waals surface area contributed by atoms with Crippen molar-refractivity contribution in [2.24, 2.45) is 0 Å². The summed E-state index contributed by atoms with van der Waals surface area (Å²) in [4.78, 5) is 3.59. The summed E-state index contributed by atoms with van der Waals surface area (Å²) in [6.45, 7) is 0. The summed E-state index contributed by atoms with van der Waals surface area (Å²) in [7, 11) is 0. The first-order valence-corrected chi connectivity index (χ1v) is 5.44. The Morgan fingerprint density at radius 3 is 2.50 bits per heavy atom. The van der Waals surface area contributed by atoms with Gasteiger partial charge in [0.15, 0.2) is 0 Å². The van der Waals surface area contributed by atoms with Crippen LogP contribution in [-0.2, 0) is 6.18 Å². The number of aromatic nitrogens is 1. The molecule has 0 aliphatic carbocycles. The third-order valence-corrected chi connectivity index (χ3v) is 2.69. The topological polar surface area (TPSA) is 24.9 Å². The van der Waals surface area contributed by atoms with Gasteiger partial charge in [-0.05, 0) is 12.1 Å². The molecule has 1 aromatic carbocycles. The summed E-state index contributed by atoms with van der Waals surface area (Å²) >= 11 is 1.80. The van der Waals surface area contributed by atoms with Gasteiger partial charge in [-0.2, -0.15) is 13.2 Å². The Bertz CT molecular complexity index is 525. The third kappa shape index (κ3) is 2.06. The number of pyridine rings is 1. The van der Waals surface area contributed by atoms with Gasteiger partial charge in [-0.3, -0.25) is 0 Å². The van der Waals surface area contributed by atoms with E-state index < -0.39 is 11.9 Å². The molecule has 1 N–H and O–H groups in total. The van der Waals surface area contributed by atoms with Crippen molar-refractivity contribution in [1.29, 1.82) is 0 Å². The van der Waals surface area contributed by atoms with E-state index in [0.29, 0.717) is 16.6 Å². The molecular weight excluding hydrogens is 332 g/mol. The lowest BCUT2D eigenvalue weighted by Gasteiger charge is -2.10. The van der Waals surface area contributed by atoms with Gasteiger partial charge in [0.05, 0.1) is 34.1 Å². The summed E-state index contributed by atoms with van der Waals surface area (Å²) in [5.74, 6) is 0. The smallest absolute Gasteiger partial charge is 0.328 e. The van der Waals surface area contributed by atoms with Crippen molar-refractivity contribution < 1.29 is 13.2 Å². The minimum atomic E-state index is -4.42. The van der Waals surface area contributed by atoms with Crippen LogP contribution < -0.4 is 3.53 Å². The van der Waals surface area contributed by atoms with Crippen molar-refractivity contribution in [3.8, 4) is 0 Å². The highest BCUT2D eigenvalue weighted by molar-refractivity contribution is 14.1. The van der Waals surface area contributed by atoms with Gasteiger partial charge >= 0.3 is 6.18 Å². The number of nitrogens with zero attached hydrogens (tertiary/aromatic N) is 1. The Morgan fingerprint density at radius 2 is 1.88 bits per heavy atom. The van der Waals surface area contributed by atoms with Gasteiger partial charge in [0.25, 0.3) is 0 Å². The Balaban J connectivity index is 2.73. The van der Waals surface area contributed by atoms with E-state index in [4.69, 9.17) is 0 Å². The van der Waals surface area contributed by atoms with Crippen LogP contribution in [0, 0.1) is 0 Å². The highest BCUT2D eigenvalue weighted by Gasteiger charge is 2.33. The van der Waals surface area contributed by atoms with Gasteiger partial charge in [0.1, 0.15) is 5.69 Å². The van der Waals surface area contributed by atoms with Crippen LogP contribution in [-0.4, -0.2) is 4.98 Å². The van der Waals surface area contributed by atoms with Crippen LogP contribution in [0.5, 0.6) is 0 Å². The third-order valence-electron chi connectivity index (χ3n) is 2.11. The molecule has 1 aromatic heterocycles. The number of rotatable bonds is 1. The van der Waals surface area contributed by atoms with E-state index in [1.807, 2.05) is 0 Å². The van der Waals surface area contributed by atoms with Crippen LogP contribution in [0.2, 0.25) is 0 Å². The van der Waals surface area contributed by atoms with Crippen LogP contribution in [0.3, 0.4) is 0 Å². The second kappa shape index (κ2) is 4.08. The van der Waals surface area contributed by atoms with Gasteiger partial charge in [-0.15, -0.1) is 0 Å². The molecule has 0 saturated carbocycles. The molecule has 84 valence electrons. The Hall–Kier alpha value is -1.05. The normalized spacial score (nSPS) is 11.8. The molecule has 0 unspecified atom stereocenters. The van der Waals surface area contributed by atoms with E-state index in [1.54, 1.807) is 47.1 Å². The summed E-state index contributed by atoms with van der Waals surface area (Å²) in [5, 5.41) is 0.671. The lowest BCUT2D eigenvalue weighted by atomic mass is 10.1. The maximum Gasteiger partial charge on any atom is 0.433 e. The van der Waals surface area contributed by atoms with Crippen LogP contribution in [0.15, 0.2) is 30.3 Å². The molecular formula is C10H6F3IN2. The fourth-order valence-electron chi connectivity index (χ4n) is 1.40. The lowest BCUT2D eigenvalue weighted by Crippen LogP contribution is -2.08. The van der Waals surface area contributed by atoms with Gasteiger partial charge in [-0.25, -0.2) is 4.98 Å². The molecule has 16 heavy (non-hydrogen) atoms. The van der Waals surface area contributed by atoms with Gasteiger partial charge in [0.2, 0.25) is 0 Å². The van der Waals surface area contributed by atoms with E-state index in [-0.39, 0.29) is 0 Å². The molecule has 2 rings (SSSR count). The molecule has 6 heteroatoms. The number of anilines is 1. The molecule has 0 atom stereocenters. The number of hydrogen-bond acceptors (Lipinski definition) is 2. The van der Waals surface area contributed by atoms with Crippen LogP contribution in [0.1, 0.15) is 5.69 Å². The zero-order valence-corrected chi connectivity index (χ0v) is 10.0. The highest BCUT2D eigenvalue weighted by atomic mass is 127. The second-order valence-electron chi connectivity index (χ2n) is 3.16. The van der Waals surface area contributed by atoms with Crippen molar-refractivity contribution in [1.82, 2.24) is 4.98 Å². The number of nitrogens with one attached hydrogen (secondary N) is 1. The molecule has 0 amide bonds. The summed E-state index contributed by atoms with van der Waals surface area (Å²) in [6.07, 6.45) is -4.42. The minimum absolute atomic E-state index is 0.330. The highest BCUT2D eigenvalue weighted by Crippen LogP contribution is 2.33. The lowest BCUT2D eigenvalue weighted by molar-refractivity contribution is -0.140. The quantitative estimate of drug-likeness (QED) is 0.628. The maximum absolute atomic E-state index is 12.5. The number of alkyl halides is 3. The average Bonchev–Trinajstić information content (AvgIpc) is 2.26. The molecule has 0 saturated heterocycles. The number of fused-ring (bicyclic) bond motifs is 1. The predicted molar refractivity (Wildman–Crippen MR) is 64.4 cm³/mol. The fourth-order valence-corrected chi connectivity index (χ4v) is 1.85. The van der Waals surface area contributed by atoms with Crippen molar-refractivity contribution >= 4 is 39.5 Å². The fraction of sp³-hybridized carbons (Fsp3) is 0.100. The molecule has 0 radical (unpaired) electrons. The Labute approximate surface area is 103 Å². The first-order valence-electron chi connectivity index (χ1n) is 4.36. The van der Waals surface area contributed by atoms with E-state index in [1.165, 1.54) is 0 Å². The molecule has 0 fully saturated rings. The van der Waals surface area contributed by atoms with Crippen molar-refractivity contribution in [3.63, 3.8) is 0 Å². The van der Waals surface area contributed by atoms with Crippen molar-refractivity contribution in [2.45, 2.75) is 6.18 Å². The van der Waals surface area contributed by atoms with E-state index in [2.05, 4.69) is 8.51 Å². The van der Waals surface area contributed by atoms with E-state index in [9.17, 15) is 13.2 Å². The average molecular weight is 338 g/mol. The van der Waals surface area contributed by atoms with Crippen LogP contribution in [0.4, 0.5) is 18.9 Å². The summed E-state index contributed by atoms with van der Waals surface area (Å²) in [5.41, 5.74) is -0.139. The predicted octanol–water partition coefficient (Wildman–Crippen LogP) is 4.02.